The first-order valence-electron chi connectivity index (χ1n) is 6.38. The monoisotopic (exact) mass is 310 g/mol. The Morgan fingerprint density at radius 3 is 2.67 bits per heavy atom. The maximum atomic E-state index is 11.8. The largest absolute Gasteiger partial charge is 0.353 e. The predicted molar refractivity (Wildman–Crippen MR) is 76.4 cm³/mol. The highest BCUT2D eigenvalue weighted by Crippen LogP contribution is 2.12. The molecule has 1 aliphatic heterocycles. The van der Waals surface area contributed by atoms with E-state index in [9.17, 15) is 4.79 Å². The molecule has 1 unspecified atom stereocenters. The van der Waals surface area contributed by atoms with E-state index in [1.807, 2.05) is 12.1 Å². The van der Waals surface area contributed by atoms with Crippen molar-refractivity contribution in [2.75, 3.05) is 13.1 Å². The van der Waals surface area contributed by atoms with Crippen molar-refractivity contribution in [3.05, 3.63) is 34.3 Å². The predicted octanol–water partition coefficient (Wildman–Crippen LogP) is 2.11. The molecule has 98 valence electrons. The van der Waals surface area contributed by atoms with Gasteiger partial charge in [0.2, 0.25) is 5.91 Å². The van der Waals surface area contributed by atoms with Crippen molar-refractivity contribution in [1.29, 1.82) is 0 Å². The van der Waals surface area contributed by atoms with Gasteiger partial charge in [0, 0.05) is 16.9 Å². The van der Waals surface area contributed by atoms with Crippen molar-refractivity contribution in [3.8, 4) is 0 Å². The normalized spacial score (nSPS) is 17.0. The molecular weight excluding hydrogens is 292 g/mol. The molecule has 0 saturated carbocycles. The quantitative estimate of drug-likeness (QED) is 0.874. The molecule has 18 heavy (non-hydrogen) atoms. The smallest absolute Gasteiger partial charge is 0.220 e. The fraction of sp³-hybridized carbons (Fsp3) is 0.500. The highest BCUT2D eigenvalue weighted by Gasteiger charge is 2.20. The van der Waals surface area contributed by atoms with Gasteiger partial charge in [0.15, 0.2) is 0 Å². The second-order valence-corrected chi connectivity index (χ2v) is 5.94. The second-order valence-electron chi connectivity index (χ2n) is 5.03. The molecule has 0 spiro atoms. The third-order valence-corrected chi connectivity index (χ3v) is 3.73. The fourth-order valence-electron chi connectivity index (χ4n) is 2.11. The lowest BCUT2D eigenvalue weighted by Gasteiger charge is -2.27. The molecule has 0 aliphatic carbocycles. The van der Waals surface area contributed by atoms with Crippen LogP contribution in [-0.2, 0) is 11.2 Å². The van der Waals surface area contributed by atoms with Gasteiger partial charge in [0.25, 0.3) is 0 Å². The molecule has 0 aromatic heterocycles. The Labute approximate surface area is 116 Å². The zero-order valence-electron chi connectivity index (χ0n) is 10.6. The molecule has 3 nitrogen and oxygen atoms in total. The van der Waals surface area contributed by atoms with Gasteiger partial charge < -0.3 is 10.6 Å². The lowest BCUT2D eigenvalue weighted by molar-refractivity contribution is -0.122. The summed E-state index contributed by atoms with van der Waals surface area (Å²) >= 11 is 3.42. The molecule has 2 N–H and O–H groups in total. The van der Waals surface area contributed by atoms with Crippen LogP contribution >= 0.6 is 15.9 Å². The van der Waals surface area contributed by atoms with E-state index in [0.29, 0.717) is 12.3 Å². The summed E-state index contributed by atoms with van der Waals surface area (Å²) < 4.78 is 1.08. The van der Waals surface area contributed by atoms with Gasteiger partial charge in [-0.3, -0.25) is 4.79 Å². The van der Waals surface area contributed by atoms with Crippen LogP contribution in [-0.4, -0.2) is 25.0 Å². The van der Waals surface area contributed by atoms with Crippen LogP contribution in [0.2, 0.25) is 0 Å². The molecular formula is C14H19BrN2O. The van der Waals surface area contributed by atoms with E-state index in [1.54, 1.807) is 0 Å². The number of carbonyl (C=O) groups is 1. The molecule has 1 aliphatic rings. The molecule has 1 atom stereocenters. The lowest BCUT2D eigenvalue weighted by Crippen LogP contribution is -2.45. The van der Waals surface area contributed by atoms with Crippen molar-refractivity contribution in [2.24, 2.45) is 5.92 Å². The molecule has 2 rings (SSSR count). The van der Waals surface area contributed by atoms with Crippen LogP contribution in [0.25, 0.3) is 0 Å². The van der Waals surface area contributed by atoms with Crippen molar-refractivity contribution in [1.82, 2.24) is 10.6 Å². The molecule has 1 saturated heterocycles. The van der Waals surface area contributed by atoms with E-state index in [1.165, 1.54) is 5.56 Å². The van der Waals surface area contributed by atoms with Gasteiger partial charge >= 0.3 is 0 Å². The lowest BCUT2D eigenvalue weighted by atomic mass is 9.98. The first-order valence-corrected chi connectivity index (χ1v) is 7.17. The van der Waals surface area contributed by atoms with Crippen LogP contribution in [0.15, 0.2) is 28.7 Å². The van der Waals surface area contributed by atoms with Crippen molar-refractivity contribution < 1.29 is 4.79 Å². The minimum Gasteiger partial charge on any atom is -0.353 e. The standard InChI is InChI=1S/C14H19BrN2O/c1-10(6-11-2-4-13(15)5-3-11)17-14(18)7-12-8-16-9-12/h2-5,10,12,16H,6-9H2,1H3,(H,17,18). The number of hydrogen-bond donors (Lipinski definition) is 2. The zero-order valence-corrected chi connectivity index (χ0v) is 12.2. The average molecular weight is 311 g/mol. The third-order valence-electron chi connectivity index (χ3n) is 3.20. The average Bonchev–Trinajstić information content (AvgIpc) is 2.27. The molecule has 1 amide bonds. The first-order chi connectivity index (χ1) is 8.63. The zero-order chi connectivity index (χ0) is 13.0. The van der Waals surface area contributed by atoms with E-state index >= 15 is 0 Å². The number of hydrogen-bond acceptors (Lipinski definition) is 2. The fourth-order valence-corrected chi connectivity index (χ4v) is 2.38. The number of carbonyl (C=O) groups excluding carboxylic acids is 1. The molecule has 0 radical (unpaired) electrons. The molecule has 1 heterocycles. The Kier molecular flexibility index (Phi) is 4.78. The number of amides is 1. The Hall–Kier alpha value is -0.870. The van der Waals surface area contributed by atoms with Crippen LogP contribution < -0.4 is 10.6 Å². The summed E-state index contributed by atoms with van der Waals surface area (Å²) in [4.78, 5) is 11.8. The Morgan fingerprint density at radius 2 is 2.11 bits per heavy atom. The molecule has 4 heteroatoms. The van der Waals surface area contributed by atoms with Crippen LogP contribution in [0.5, 0.6) is 0 Å². The first kappa shape index (κ1) is 13.6. The van der Waals surface area contributed by atoms with E-state index in [-0.39, 0.29) is 11.9 Å². The van der Waals surface area contributed by atoms with Crippen LogP contribution in [0.3, 0.4) is 0 Å². The summed E-state index contributed by atoms with van der Waals surface area (Å²) in [5, 5.41) is 6.24. The summed E-state index contributed by atoms with van der Waals surface area (Å²) in [6.07, 6.45) is 1.53. The molecule has 1 aromatic rings. The second kappa shape index (κ2) is 6.34. The van der Waals surface area contributed by atoms with Gasteiger partial charge in [-0.05, 0) is 50.0 Å². The molecule has 0 bridgehead atoms. The van der Waals surface area contributed by atoms with Gasteiger partial charge in [0.1, 0.15) is 0 Å². The summed E-state index contributed by atoms with van der Waals surface area (Å²) in [7, 11) is 0. The van der Waals surface area contributed by atoms with E-state index in [2.05, 4.69) is 45.6 Å². The van der Waals surface area contributed by atoms with Gasteiger partial charge in [-0.15, -0.1) is 0 Å². The SMILES string of the molecule is CC(Cc1ccc(Br)cc1)NC(=O)CC1CNC1. The molecule has 1 fully saturated rings. The number of benzene rings is 1. The van der Waals surface area contributed by atoms with Gasteiger partial charge in [-0.25, -0.2) is 0 Å². The molecule has 1 aromatic carbocycles. The topological polar surface area (TPSA) is 41.1 Å². The van der Waals surface area contributed by atoms with Crippen LogP contribution in [0, 0.1) is 5.92 Å². The van der Waals surface area contributed by atoms with Gasteiger partial charge in [0.05, 0.1) is 0 Å². The minimum absolute atomic E-state index is 0.172. The van der Waals surface area contributed by atoms with Crippen molar-refractivity contribution in [3.63, 3.8) is 0 Å². The van der Waals surface area contributed by atoms with Gasteiger partial charge in [-0.1, -0.05) is 28.1 Å². The number of halogens is 1. The van der Waals surface area contributed by atoms with Crippen molar-refractivity contribution >= 4 is 21.8 Å². The highest BCUT2D eigenvalue weighted by atomic mass is 79.9. The number of rotatable bonds is 5. The van der Waals surface area contributed by atoms with E-state index in [4.69, 9.17) is 0 Å². The summed E-state index contributed by atoms with van der Waals surface area (Å²) in [5.41, 5.74) is 1.25. The maximum absolute atomic E-state index is 11.8. The summed E-state index contributed by atoms with van der Waals surface area (Å²) in [5.74, 6) is 0.705. The van der Waals surface area contributed by atoms with Crippen LogP contribution in [0.4, 0.5) is 0 Å². The van der Waals surface area contributed by atoms with Crippen molar-refractivity contribution in [2.45, 2.75) is 25.8 Å². The summed E-state index contributed by atoms with van der Waals surface area (Å²) in [6, 6.07) is 8.42. The Balaban J connectivity index is 1.75. The third kappa shape index (κ3) is 4.10. The van der Waals surface area contributed by atoms with Crippen LogP contribution in [0.1, 0.15) is 18.9 Å². The number of nitrogens with one attached hydrogen (secondary N) is 2. The maximum Gasteiger partial charge on any atom is 0.220 e. The summed E-state index contributed by atoms with van der Waals surface area (Å²) in [6.45, 7) is 4.02. The Bertz CT molecular complexity index is 401. The Morgan fingerprint density at radius 1 is 1.44 bits per heavy atom. The van der Waals surface area contributed by atoms with Gasteiger partial charge in [-0.2, -0.15) is 0 Å². The van der Waals surface area contributed by atoms with E-state index in [0.717, 1.165) is 24.0 Å². The highest BCUT2D eigenvalue weighted by molar-refractivity contribution is 9.10. The van der Waals surface area contributed by atoms with E-state index < -0.39 is 0 Å². The minimum atomic E-state index is 0.172.